The number of benzene rings is 1. The Morgan fingerprint density at radius 3 is 3.11 bits per heavy atom. The van der Waals surface area contributed by atoms with Crippen molar-refractivity contribution in [2.75, 3.05) is 0 Å². The van der Waals surface area contributed by atoms with Gasteiger partial charge in [-0.2, -0.15) is 0 Å². The Bertz CT molecular complexity index is 542. The lowest BCUT2D eigenvalue weighted by Gasteiger charge is -2.29. The van der Waals surface area contributed by atoms with Crippen LogP contribution in [0.15, 0.2) is 52.0 Å². The third-order valence-electron chi connectivity index (χ3n) is 3.86. The van der Waals surface area contributed by atoms with Gasteiger partial charge in [-0.25, -0.2) is 0 Å². The number of nitrogens with zero attached hydrogens (tertiary/aromatic N) is 1. The van der Waals surface area contributed by atoms with E-state index in [1.807, 2.05) is 24.2 Å². The van der Waals surface area contributed by atoms with Gasteiger partial charge in [0.05, 0.1) is 0 Å². The van der Waals surface area contributed by atoms with Crippen molar-refractivity contribution in [3.05, 3.63) is 47.7 Å². The van der Waals surface area contributed by atoms with Crippen LogP contribution in [0.5, 0.6) is 0 Å². The quantitative estimate of drug-likeness (QED) is 0.649. The third-order valence-corrected chi connectivity index (χ3v) is 5.26. The van der Waals surface area contributed by atoms with E-state index >= 15 is 0 Å². The monoisotopic (exact) mass is 269 g/mol. The van der Waals surface area contributed by atoms with E-state index in [0.717, 1.165) is 5.92 Å². The second-order valence-corrected chi connectivity index (χ2v) is 6.62. The van der Waals surface area contributed by atoms with Gasteiger partial charge < -0.3 is 0 Å². The number of fused-ring (bicyclic) bond motifs is 2. The molecule has 98 valence electrons. The maximum atomic E-state index is 4.35. The van der Waals surface area contributed by atoms with Crippen molar-refractivity contribution >= 4 is 24.1 Å². The van der Waals surface area contributed by atoms with Crippen LogP contribution in [-0.4, -0.2) is 11.5 Å². The minimum absolute atomic E-state index is 0.614. The lowest BCUT2D eigenvalue weighted by atomic mass is 9.86. The summed E-state index contributed by atoms with van der Waals surface area (Å²) in [6.45, 7) is 2.37. The molecule has 0 amide bonds. The molecule has 2 aliphatic rings. The topological polar surface area (TPSA) is 12.4 Å². The van der Waals surface area contributed by atoms with Gasteiger partial charge in [-0.15, -0.1) is 11.8 Å². The van der Waals surface area contributed by atoms with E-state index in [1.165, 1.54) is 29.7 Å². The standard InChI is InChI=1S/C17H19NS/c1-13-6-7-15-9-11-18-10-8-14-4-2-3-5-16(14)19-17(15)12-13/h2-5,8-11,13,17H,6-7,12H2,1H3/b10-8-,15-9-,18-11+. The molecule has 0 radical (unpaired) electrons. The van der Waals surface area contributed by atoms with Crippen LogP contribution in [0.3, 0.4) is 0 Å². The first kappa shape index (κ1) is 12.7. The van der Waals surface area contributed by atoms with Crippen LogP contribution in [0.4, 0.5) is 0 Å². The second-order valence-electron chi connectivity index (χ2n) is 5.38. The molecule has 2 heteroatoms. The van der Waals surface area contributed by atoms with E-state index in [-0.39, 0.29) is 0 Å². The van der Waals surface area contributed by atoms with Gasteiger partial charge >= 0.3 is 0 Å². The van der Waals surface area contributed by atoms with Crippen LogP contribution in [0.1, 0.15) is 31.7 Å². The highest BCUT2D eigenvalue weighted by Gasteiger charge is 2.24. The van der Waals surface area contributed by atoms with E-state index in [9.17, 15) is 0 Å². The van der Waals surface area contributed by atoms with Crippen molar-refractivity contribution in [3.8, 4) is 0 Å². The zero-order valence-corrected chi connectivity index (χ0v) is 12.1. The molecule has 2 atom stereocenters. The summed E-state index contributed by atoms with van der Waals surface area (Å²) in [5.74, 6) is 0.831. The average Bonchev–Trinajstić information content (AvgIpc) is 2.42. The summed E-state index contributed by atoms with van der Waals surface area (Å²) in [4.78, 5) is 5.73. The molecule has 1 aliphatic heterocycles. The molecule has 19 heavy (non-hydrogen) atoms. The first-order chi connectivity index (χ1) is 9.33. The normalized spacial score (nSPS) is 32.4. The van der Waals surface area contributed by atoms with E-state index in [4.69, 9.17) is 0 Å². The van der Waals surface area contributed by atoms with Crippen molar-refractivity contribution in [2.45, 2.75) is 36.3 Å². The van der Waals surface area contributed by atoms with Gasteiger partial charge in [0, 0.05) is 22.6 Å². The molecule has 1 aromatic rings. The number of rotatable bonds is 0. The molecule has 0 aromatic heterocycles. The summed E-state index contributed by atoms with van der Waals surface area (Å²) >= 11 is 2.02. The molecule has 1 heterocycles. The Balaban J connectivity index is 1.98. The van der Waals surface area contributed by atoms with E-state index in [2.05, 4.69) is 48.3 Å². The number of hydrogen-bond donors (Lipinski definition) is 0. The van der Waals surface area contributed by atoms with Crippen LogP contribution in [0.2, 0.25) is 0 Å². The predicted octanol–water partition coefficient (Wildman–Crippen LogP) is 4.95. The molecule has 1 aromatic carbocycles. The number of hydrogen-bond acceptors (Lipinski definition) is 2. The lowest BCUT2D eigenvalue weighted by molar-refractivity contribution is 0.451. The molecule has 0 bridgehead atoms. The van der Waals surface area contributed by atoms with E-state index in [1.54, 1.807) is 5.57 Å². The largest absolute Gasteiger partial charge is 0.265 e. The molecule has 1 aliphatic carbocycles. The molecule has 1 nitrogen and oxygen atoms in total. The smallest absolute Gasteiger partial charge is 0.0310 e. The molecule has 3 rings (SSSR count). The summed E-state index contributed by atoms with van der Waals surface area (Å²) < 4.78 is 0. The van der Waals surface area contributed by atoms with Gasteiger partial charge in [-0.05, 0) is 49.0 Å². The summed E-state index contributed by atoms with van der Waals surface area (Å²) in [6.07, 6.45) is 12.0. The maximum absolute atomic E-state index is 4.35. The number of allylic oxidation sites excluding steroid dienone is 1. The fourth-order valence-corrected chi connectivity index (χ4v) is 4.22. The second kappa shape index (κ2) is 5.79. The summed E-state index contributed by atoms with van der Waals surface area (Å²) in [7, 11) is 0. The van der Waals surface area contributed by atoms with Crippen LogP contribution in [-0.2, 0) is 0 Å². The zero-order valence-electron chi connectivity index (χ0n) is 11.3. The van der Waals surface area contributed by atoms with Gasteiger partial charge in [-0.3, -0.25) is 4.99 Å². The Hall–Kier alpha value is -1.28. The Morgan fingerprint density at radius 2 is 2.16 bits per heavy atom. The molecule has 1 fully saturated rings. The van der Waals surface area contributed by atoms with Crippen molar-refractivity contribution < 1.29 is 0 Å². The fraction of sp³-hybridized carbons (Fsp3) is 0.353. The van der Waals surface area contributed by atoms with Crippen LogP contribution in [0, 0.1) is 5.92 Å². The molecule has 1 saturated carbocycles. The fourth-order valence-electron chi connectivity index (χ4n) is 2.71. The molecular formula is C17H19NS. The number of aliphatic imine (C=N–C) groups is 1. The number of thioether (sulfide) groups is 1. The SMILES string of the molecule is CC1CC/C2=C/C=N/C=C\c3ccccc3SC2C1. The first-order valence-electron chi connectivity index (χ1n) is 6.97. The van der Waals surface area contributed by atoms with Crippen LogP contribution < -0.4 is 0 Å². The lowest BCUT2D eigenvalue weighted by Crippen LogP contribution is -2.18. The van der Waals surface area contributed by atoms with E-state index < -0.39 is 0 Å². The van der Waals surface area contributed by atoms with Gasteiger partial charge in [0.1, 0.15) is 0 Å². The van der Waals surface area contributed by atoms with Crippen LogP contribution >= 0.6 is 11.8 Å². The molecular weight excluding hydrogens is 250 g/mol. The molecule has 0 saturated heterocycles. The summed E-state index contributed by atoms with van der Waals surface area (Å²) in [5.41, 5.74) is 2.83. The van der Waals surface area contributed by atoms with Crippen LogP contribution in [0.25, 0.3) is 6.08 Å². The Kier molecular flexibility index (Phi) is 3.88. The van der Waals surface area contributed by atoms with Crippen molar-refractivity contribution in [1.82, 2.24) is 0 Å². The van der Waals surface area contributed by atoms with Crippen molar-refractivity contribution in [1.29, 1.82) is 0 Å². The van der Waals surface area contributed by atoms with Crippen molar-refractivity contribution in [2.24, 2.45) is 10.9 Å². The van der Waals surface area contributed by atoms with Gasteiger partial charge in [0.2, 0.25) is 0 Å². The zero-order chi connectivity index (χ0) is 13.1. The van der Waals surface area contributed by atoms with Gasteiger partial charge in [0.25, 0.3) is 0 Å². The minimum atomic E-state index is 0.614. The molecule has 0 N–H and O–H groups in total. The summed E-state index contributed by atoms with van der Waals surface area (Å²) in [6, 6.07) is 8.63. The third kappa shape index (κ3) is 3.01. The summed E-state index contributed by atoms with van der Waals surface area (Å²) in [5, 5.41) is 0.614. The molecule has 0 spiro atoms. The maximum Gasteiger partial charge on any atom is 0.0310 e. The minimum Gasteiger partial charge on any atom is -0.265 e. The van der Waals surface area contributed by atoms with E-state index in [0.29, 0.717) is 5.25 Å². The highest BCUT2D eigenvalue weighted by Crippen LogP contribution is 2.40. The van der Waals surface area contributed by atoms with Gasteiger partial charge in [0.15, 0.2) is 0 Å². The Labute approximate surface area is 119 Å². The van der Waals surface area contributed by atoms with Crippen molar-refractivity contribution in [3.63, 3.8) is 0 Å². The molecule has 2 unspecified atom stereocenters. The first-order valence-corrected chi connectivity index (χ1v) is 7.85. The van der Waals surface area contributed by atoms with Gasteiger partial charge in [-0.1, -0.05) is 30.7 Å². The highest BCUT2D eigenvalue weighted by atomic mass is 32.2. The predicted molar refractivity (Wildman–Crippen MR) is 84.7 cm³/mol. The average molecular weight is 269 g/mol. The Morgan fingerprint density at radius 1 is 1.26 bits per heavy atom. The highest BCUT2D eigenvalue weighted by molar-refractivity contribution is 8.00.